The Bertz CT molecular complexity index is 1080. The number of hydrogen-bond acceptors (Lipinski definition) is 4. The minimum Gasteiger partial charge on any atom is -0.493 e. The molecule has 1 amide bonds. The zero-order chi connectivity index (χ0) is 29.3. The lowest BCUT2D eigenvalue weighted by Crippen LogP contribution is -2.17. The van der Waals surface area contributed by atoms with Crippen molar-refractivity contribution in [2.75, 3.05) is 17.8 Å². The van der Waals surface area contributed by atoms with Crippen LogP contribution in [0, 0.1) is 0 Å². The number of hydrogen-bond donors (Lipinski definition) is 1. The van der Waals surface area contributed by atoms with Gasteiger partial charge < -0.3 is 15.0 Å². The lowest BCUT2D eigenvalue weighted by Gasteiger charge is -2.23. The van der Waals surface area contributed by atoms with E-state index in [1.807, 2.05) is 12.1 Å². The van der Waals surface area contributed by atoms with E-state index in [1.165, 1.54) is 81.8 Å². The molecule has 0 aliphatic carbocycles. The third kappa shape index (κ3) is 13.0. The molecule has 1 heterocycles. The monoisotopic (exact) mass is 578 g/mol. The van der Waals surface area contributed by atoms with E-state index in [4.69, 9.17) is 4.74 Å². The predicted octanol–water partition coefficient (Wildman–Crippen LogP) is 10.2. The first-order chi connectivity index (χ1) is 19.8. The van der Waals surface area contributed by atoms with E-state index in [0.29, 0.717) is 6.42 Å². The van der Waals surface area contributed by atoms with Crippen LogP contribution in [0.25, 0.3) is 0 Å². The number of thioether (sulfide) groups is 1. The number of nitrogens with one attached hydrogen (secondary N) is 1. The Hall–Kier alpha value is -2.40. The largest absolute Gasteiger partial charge is 0.493 e. The second-order valence-corrected chi connectivity index (χ2v) is 13.4. The molecule has 3 rings (SSSR count). The third-order valence-corrected chi connectivity index (χ3v) is 8.47. The van der Waals surface area contributed by atoms with Crippen LogP contribution in [-0.2, 0) is 23.2 Å². The minimum absolute atomic E-state index is 0.00538. The molecule has 0 aromatic heterocycles. The highest BCUT2D eigenvalue weighted by molar-refractivity contribution is 8.02. The molecule has 1 N–H and O–H groups in total. The van der Waals surface area contributed by atoms with Crippen molar-refractivity contribution in [2.24, 2.45) is 0 Å². The number of ether oxygens (including phenoxy) is 1. The Morgan fingerprint density at radius 1 is 0.878 bits per heavy atom. The van der Waals surface area contributed by atoms with Crippen LogP contribution >= 0.6 is 11.8 Å². The maximum atomic E-state index is 12.9. The Morgan fingerprint density at radius 3 is 2.20 bits per heavy atom. The summed E-state index contributed by atoms with van der Waals surface area (Å²) >= 11 is 1.80. The molecule has 0 saturated carbocycles. The fourth-order valence-electron chi connectivity index (χ4n) is 5.32. The predicted molar refractivity (Wildman–Crippen MR) is 178 cm³/mol. The highest BCUT2D eigenvalue weighted by atomic mass is 32.2. The Labute approximate surface area is 254 Å². The quantitative estimate of drug-likeness (QED) is 0.168. The molecule has 226 valence electrons. The van der Waals surface area contributed by atoms with Gasteiger partial charge in [0.1, 0.15) is 5.75 Å². The van der Waals surface area contributed by atoms with Crippen molar-refractivity contribution >= 4 is 23.4 Å². The molecule has 4 nitrogen and oxygen atoms in total. The van der Waals surface area contributed by atoms with E-state index in [-0.39, 0.29) is 11.3 Å². The summed E-state index contributed by atoms with van der Waals surface area (Å²) in [6, 6.07) is 14.4. The summed E-state index contributed by atoms with van der Waals surface area (Å²) in [7, 11) is 0. The van der Waals surface area contributed by atoms with Crippen molar-refractivity contribution in [3.8, 4) is 5.75 Å². The van der Waals surface area contributed by atoms with Gasteiger partial charge >= 0.3 is 0 Å². The van der Waals surface area contributed by atoms with Crippen LogP contribution < -0.4 is 10.1 Å². The van der Waals surface area contributed by atoms with Gasteiger partial charge in [0.2, 0.25) is 5.91 Å². The molecule has 2 aromatic carbocycles. The van der Waals surface area contributed by atoms with E-state index in [1.54, 1.807) is 11.8 Å². The van der Waals surface area contributed by atoms with E-state index in [0.717, 1.165) is 42.4 Å². The van der Waals surface area contributed by atoms with Gasteiger partial charge in [0.15, 0.2) is 0 Å². The second-order valence-electron chi connectivity index (χ2n) is 12.6. The molecule has 0 fully saturated rings. The van der Waals surface area contributed by atoms with E-state index < -0.39 is 0 Å². The fourth-order valence-corrected chi connectivity index (χ4v) is 6.04. The molecule has 1 aliphatic rings. The van der Waals surface area contributed by atoms with Crippen LogP contribution in [0.3, 0.4) is 0 Å². The Morgan fingerprint density at radius 2 is 1.56 bits per heavy atom. The summed E-state index contributed by atoms with van der Waals surface area (Å²) in [6.45, 7) is 10.5. The van der Waals surface area contributed by atoms with Gasteiger partial charge in [0.05, 0.1) is 18.9 Å². The zero-order valence-corrected chi connectivity index (χ0v) is 27.0. The van der Waals surface area contributed by atoms with E-state index >= 15 is 0 Å². The first-order valence-corrected chi connectivity index (χ1v) is 17.1. The van der Waals surface area contributed by atoms with Crippen LogP contribution in [0.4, 0.5) is 5.69 Å². The van der Waals surface area contributed by atoms with Crippen LogP contribution in [-0.4, -0.2) is 23.3 Å². The molecular formula is C36H54N2O2S. The molecule has 0 spiro atoms. The maximum absolute atomic E-state index is 12.9. The van der Waals surface area contributed by atoms with Crippen LogP contribution in [0.2, 0.25) is 0 Å². The smallest absolute Gasteiger partial charge is 0.228 e. The minimum atomic E-state index is -0.0177. The molecule has 0 atom stereocenters. The average Bonchev–Trinajstić information content (AvgIpc) is 3.44. The van der Waals surface area contributed by atoms with Crippen LogP contribution in [0.15, 0.2) is 54.1 Å². The van der Waals surface area contributed by atoms with Crippen molar-refractivity contribution < 1.29 is 9.53 Å². The summed E-state index contributed by atoms with van der Waals surface area (Å²) < 4.78 is 6.33. The van der Waals surface area contributed by atoms with Gasteiger partial charge in [-0.05, 0) is 52.1 Å². The summed E-state index contributed by atoms with van der Waals surface area (Å²) in [5.74, 6) is 1.89. The average molecular weight is 579 g/mol. The first-order valence-electron chi connectivity index (χ1n) is 16.0. The Kier molecular flexibility index (Phi) is 14.7. The normalized spacial score (nSPS) is 13.1. The summed E-state index contributed by atoms with van der Waals surface area (Å²) in [4.78, 5) is 15.2. The molecule has 0 radical (unpaired) electrons. The molecule has 0 saturated heterocycles. The van der Waals surface area contributed by atoms with Crippen molar-refractivity contribution in [1.29, 1.82) is 0 Å². The zero-order valence-electron chi connectivity index (χ0n) is 26.2. The van der Waals surface area contributed by atoms with E-state index in [9.17, 15) is 4.79 Å². The van der Waals surface area contributed by atoms with Crippen molar-refractivity contribution in [3.63, 3.8) is 0 Å². The number of rotatable bonds is 19. The number of anilines is 1. The summed E-state index contributed by atoms with van der Waals surface area (Å²) in [6.07, 6.45) is 18.5. The number of nitrogens with zero attached hydrogens (tertiary/aromatic N) is 1. The summed E-state index contributed by atoms with van der Waals surface area (Å²) in [5, 5.41) is 5.21. The molecular weight excluding hydrogens is 524 g/mol. The van der Waals surface area contributed by atoms with Gasteiger partial charge in [0.25, 0.3) is 0 Å². The molecule has 0 unspecified atom stereocenters. The lowest BCUT2D eigenvalue weighted by atomic mass is 9.85. The van der Waals surface area contributed by atoms with Gasteiger partial charge in [-0.3, -0.25) is 4.79 Å². The molecule has 41 heavy (non-hydrogen) atoms. The number of amides is 1. The fraction of sp³-hybridized carbons (Fsp3) is 0.583. The first kappa shape index (κ1) is 33.1. The van der Waals surface area contributed by atoms with Crippen molar-refractivity contribution in [1.82, 2.24) is 4.90 Å². The third-order valence-electron chi connectivity index (χ3n) is 7.68. The molecule has 2 aromatic rings. The van der Waals surface area contributed by atoms with Gasteiger partial charge in [-0.25, -0.2) is 0 Å². The van der Waals surface area contributed by atoms with Crippen molar-refractivity contribution in [2.45, 2.75) is 123 Å². The number of carbonyl (C=O) groups excluding carboxylic acids is 1. The number of unbranched alkanes of at least 4 members (excludes halogenated alkanes) is 11. The topological polar surface area (TPSA) is 41.6 Å². The van der Waals surface area contributed by atoms with Crippen molar-refractivity contribution in [3.05, 3.63) is 70.8 Å². The molecule has 1 aliphatic heterocycles. The van der Waals surface area contributed by atoms with Gasteiger partial charge in [-0.1, -0.05) is 123 Å². The van der Waals surface area contributed by atoms with Gasteiger partial charge in [-0.15, -0.1) is 11.8 Å². The van der Waals surface area contributed by atoms with Crippen LogP contribution in [0.5, 0.6) is 5.75 Å². The lowest BCUT2D eigenvalue weighted by molar-refractivity contribution is -0.115. The Balaban J connectivity index is 1.42. The molecule has 5 heteroatoms. The highest BCUT2D eigenvalue weighted by Gasteiger charge is 2.20. The second kappa shape index (κ2) is 18.2. The standard InChI is InChI=1S/C36H54N2O2S/c1-5-6-7-8-9-10-11-12-13-14-15-16-23-40-34-26-30(20-21-33(34)36(2,3)4)27-35(39)37-32-19-17-18-31(25-32)28-38-22-24-41-29-38/h17-22,24-26H,5-16,23,27-29H2,1-4H3,(H,37,39). The SMILES string of the molecule is CCCCCCCCCCCCCCOc1cc(CC(=O)Nc2cccc(CN3C=CSC3)c2)ccc1C(C)(C)C. The highest BCUT2D eigenvalue weighted by Crippen LogP contribution is 2.32. The maximum Gasteiger partial charge on any atom is 0.228 e. The number of carbonyl (C=O) groups is 1. The van der Waals surface area contributed by atoms with Crippen LogP contribution in [0.1, 0.15) is 121 Å². The van der Waals surface area contributed by atoms with E-state index in [2.05, 4.69) is 79.9 Å². The van der Waals surface area contributed by atoms with Gasteiger partial charge in [-0.2, -0.15) is 0 Å². The summed E-state index contributed by atoms with van der Waals surface area (Å²) in [5.41, 5.74) is 4.20. The molecule has 0 bridgehead atoms. The number of benzene rings is 2. The van der Waals surface area contributed by atoms with Gasteiger partial charge in [0, 0.05) is 18.4 Å².